The summed E-state index contributed by atoms with van der Waals surface area (Å²) in [5, 5.41) is 10.2. The molecule has 0 aromatic heterocycles. The lowest BCUT2D eigenvalue weighted by Crippen LogP contribution is -2.48. The molecule has 1 aromatic rings. The van der Waals surface area contributed by atoms with Crippen LogP contribution in [0.4, 0.5) is 0 Å². The predicted molar refractivity (Wildman–Crippen MR) is 79.2 cm³/mol. The minimum absolute atomic E-state index is 0.00493. The third-order valence-electron chi connectivity index (χ3n) is 3.75. The molecule has 1 unspecified atom stereocenters. The van der Waals surface area contributed by atoms with Crippen LogP contribution in [0.25, 0.3) is 0 Å². The first kappa shape index (κ1) is 14.5. The number of hydrogen-bond donors (Lipinski definition) is 1. The van der Waals surface area contributed by atoms with Crippen LogP contribution in [0.1, 0.15) is 42.6 Å². The summed E-state index contributed by atoms with van der Waals surface area (Å²) >= 11 is 3.46. The number of benzene rings is 1. The van der Waals surface area contributed by atoms with E-state index >= 15 is 0 Å². The zero-order valence-corrected chi connectivity index (χ0v) is 13.2. The van der Waals surface area contributed by atoms with Crippen molar-refractivity contribution in [2.75, 3.05) is 6.54 Å². The lowest BCUT2D eigenvalue weighted by atomic mass is 9.96. The van der Waals surface area contributed by atoms with Crippen molar-refractivity contribution < 1.29 is 9.90 Å². The van der Waals surface area contributed by atoms with Crippen LogP contribution in [0.5, 0.6) is 0 Å². The van der Waals surface area contributed by atoms with E-state index < -0.39 is 5.60 Å². The van der Waals surface area contributed by atoms with Crippen LogP contribution in [0.15, 0.2) is 22.7 Å². The van der Waals surface area contributed by atoms with Crippen LogP contribution in [-0.4, -0.2) is 34.1 Å². The Balaban J connectivity index is 2.26. The number of hydrogen-bond acceptors (Lipinski definition) is 2. The molecule has 1 aliphatic heterocycles. The molecule has 0 saturated carbocycles. The van der Waals surface area contributed by atoms with E-state index in [-0.39, 0.29) is 11.9 Å². The molecule has 0 spiro atoms. The molecule has 1 atom stereocenters. The second kappa shape index (κ2) is 5.25. The molecule has 104 valence electrons. The quantitative estimate of drug-likeness (QED) is 0.907. The molecule has 2 rings (SSSR count). The number of rotatable bonds is 2. The van der Waals surface area contributed by atoms with Gasteiger partial charge >= 0.3 is 0 Å². The van der Waals surface area contributed by atoms with Gasteiger partial charge in [-0.2, -0.15) is 0 Å². The largest absolute Gasteiger partial charge is 0.388 e. The van der Waals surface area contributed by atoms with Crippen LogP contribution >= 0.6 is 15.9 Å². The van der Waals surface area contributed by atoms with E-state index in [1.807, 2.05) is 25.1 Å². The average Bonchev–Trinajstić information content (AvgIpc) is 2.80. The highest BCUT2D eigenvalue weighted by atomic mass is 79.9. The van der Waals surface area contributed by atoms with E-state index in [4.69, 9.17) is 0 Å². The van der Waals surface area contributed by atoms with Gasteiger partial charge in [-0.3, -0.25) is 4.79 Å². The van der Waals surface area contributed by atoms with E-state index in [2.05, 4.69) is 15.9 Å². The number of likely N-dealkylation sites (tertiary alicyclic amines) is 1. The second-order valence-electron chi connectivity index (χ2n) is 5.77. The molecule has 1 amide bonds. The van der Waals surface area contributed by atoms with E-state index in [0.29, 0.717) is 5.56 Å². The molecule has 1 heterocycles. The molecule has 0 radical (unpaired) electrons. The minimum atomic E-state index is -0.853. The maximum absolute atomic E-state index is 12.6. The number of nitrogens with zero attached hydrogens (tertiary/aromatic N) is 1. The molecule has 3 nitrogen and oxygen atoms in total. The van der Waals surface area contributed by atoms with Crippen LogP contribution in [0, 0.1) is 6.92 Å². The SMILES string of the molecule is Cc1ccc(C(=O)N2CCCC2C(C)(C)O)cc1Br. The van der Waals surface area contributed by atoms with E-state index in [1.54, 1.807) is 18.7 Å². The van der Waals surface area contributed by atoms with Crippen LogP contribution in [0.3, 0.4) is 0 Å². The van der Waals surface area contributed by atoms with E-state index in [0.717, 1.165) is 29.4 Å². The highest BCUT2D eigenvalue weighted by molar-refractivity contribution is 9.10. The molecule has 1 aromatic carbocycles. The Labute approximate surface area is 122 Å². The Morgan fingerprint density at radius 3 is 2.74 bits per heavy atom. The van der Waals surface area contributed by atoms with E-state index in [1.165, 1.54) is 0 Å². The molecule has 1 fully saturated rings. The van der Waals surface area contributed by atoms with Gasteiger partial charge in [0, 0.05) is 16.6 Å². The molecular weight excluding hydrogens is 306 g/mol. The summed E-state index contributed by atoms with van der Waals surface area (Å²) in [6.45, 7) is 6.26. The van der Waals surface area contributed by atoms with Gasteiger partial charge in [-0.05, 0) is 51.3 Å². The summed E-state index contributed by atoms with van der Waals surface area (Å²) in [5.74, 6) is 0.00493. The Kier molecular flexibility index (Phi) is 4.02. The fourth-order valence-corrected chi connectivity index (χ4v) is 3.01. The molecule has 1 aliphatic rings. The number of carbonyl (C=O) groups is 1. The maximum Gasteiger partial charge on any atom is 0.254 e. The Hall–Kier alpha value is -0.870. The number of halogens is 1. The number of amides is 1. The van der Waals surface area contributed by atoms with Crippen LogP contribution < -0.4 is 0 Å². The fraction of sp³-hybridized carbons (Fsp3) is 0.533. The van der Waals surface area contributed by atoms with Gasteiger partial charge in [0.15, 0.2) is 0 Å². The van der Waals surface area contributed by atoms with Gasteiger partial charge in [-0.15, -0.1) is 0 Å². The predicted octanol–water partition coefficient (Wildman–Crippen LogP) is 3.13. The summed E-state index contributed by atoms with van der Waals surface area (Å²) in [4.78, 5) is 14.4. The third-order valence-corrected chi connectivity index (χ3v) is 4.60. The van der Waals surface area contributed by atoms with Gasteiger partial charge in [-0.25, -0.2) is 0 Å². The van der Waals surface area contributed by atoms with Crippen molar-refractivity contribution in [1.29, 1.82) is 0 Å². The monoisotopic (exact) mass is 325 g/mol. The molecular formula is C15H20BrNO2. The molecule has 19 heavy (non-hydrogen) atoms. The van der Waals surface area contributed by atoms with E-state index in [9.17, 15) is 9.90 Å². The standard InChI is InChI=1S/C15H20BrNO2/c1-10-6-7-11(9-12(10)16)14(18)17-8-4-5-13(17)15(2,3)19/h6-7,9,13,19H,4-5,8H2,1-3H3. The Morgan fingerprint density at radius 1 is 1.47 bits per heavy atom. The molecule has 0 aliphatic carbocycles. The lowest BCUT2D eigenvalue weighted by Gasteiger charge is -2.33. The van der Waals surface area contributed by atoms with Crippen molar-refractivity contribution >= 4 is 21.8 Å². The van der Waals surface area contributed by atoms with Gasteiger partial charge in [0.25, 0.3) is 5.91 Å². The van der Waals surface area contributed by atoms with Crippen molar-refractivity contribution in [3.05, 3.63) is 33.8 Å². The van der Waals surface area contributed by atoms with Gasteiger partial charge in [0.1, 0.15) is 0 Å². The number of aliphatic hydroxyl groups is 1. The normalized spacial score (nSPS) is 19.8. The first-order valence-corrected chi connectivity index (χ1v) is 7.39. The highest BCUT2D eigenvalue weighted by Crippen LogP contribution is 2.29. The molecule has 4 heteroatoms. The highest BCUT2D eigenvalue weighted by Gasteiger charge is 2.38. The Bertz CT molecular complexity index is 493. The van der Waals surface area contributed by atoms with Crippen LogP contribution in [-0.2, 0) is 0 Å². The summed E-state index contributed by atoms with van der Waals surface area (Å²) in [7, 11) is 0. The topological polar surface area (TPSA) is 40.5 Å². The summed E-state index contributed by atoms with van der Waals surface area (Å²) in [6.07, 6.45) is 1.82. The number of carbonyl (C=O) groups excluding carboxylic acids is 1. The Morgan fingerprint density at radius 2 is 2.16 bits per heavy atom. The fourth-order valence-electron chi connectivity index (χ4n) is 2.64. The van der Waals surface area contributed by atoms with Gasteiger partial charge in [-0.1, -0.05) is 22.0 Å². The summed E-state index contributed by atoms with van der Waals surface area (Å²) < 4.78 is 0.942. The third kappa shape index (κ3) is 3.00. The van der Waals surface area contributed by atoms with Crippen LogP contribution in [0.2, 0.25) is 0 Å². The zero-order valence-electron chi connectivity index (χ0n) is 11.6. The smallest absolute Gasteiger partial charge is 0.254 e. The first-order valence-electron chi connectivity index (χ1n) is 6.60. The van der Waals surface area contributed by atoms with Crippen molar-refractivity contribution in [3.63, 3.8) is 0 Å². The number of aryl methyl sites for hydroxylation is 1. The summed E-state index contributed by atoms with van der Waals surface area (Å²) in [6, 6.07) is 5.55. The molecule has 0 bridgehead atoms. The zero-order chi connectivity index (χ0) is 14.2. The van der Waals surface area contributed by atoms with Crippen molar-refractivity contribution in [1.82, 2.24) is 4.90 Å². The van der Waals surface area contributed by atoms with Gasteiger partial charge in [0.05, 0.1) is 11.6 Å². The molecule has 1 saturated heterocycles. The first-order chi connectivity index (χ1) is 8.80. The average molecular weight is 326 g/mol. The second-order valence-corrected chi connectivity index (χ2v) is 6.63. The minimum Gasteiger partial charge on any atom is -0.388 e. The van der Waals surface area contributed by atoms with Crippen molar-refractivity contribution in [2.24, 2.45) is 0 Å². The van der Waals surface area contributed by atoms with Gasteiger partial charge < -0.3 is 10.0 Å². The summed E-state index contributed by atoms with van der Waals surface area (Å²) in [5.41, 5.74) is 0.930. The van der Waals surface area contributed by atoms with Gasteiger partial charge in [0.2, 0.25) is 0 Å². The maximum atomic E-state index is 12.6. The lowest BCUT2D eigenvalue weighted by molar-refractivity contribution is 0.000333. The molecule has 1 N–H and O–H groups in total. The van der Waals surface area contributed by atoms with Crippen molar-refractivity contribution in [2.45, 2.75) is 45.3 Å². The van der Waals surface area contributed by atoms with Crippen molar-refractivity contribution in [3.8, 4) is 0 Å².